The Morgan fingerprint density at radius 3 is 2.43 bits per heavy atom. The first kappa shape index (κ1) is 25.0. The predicted molar refractivity (Wildman–Crippen MR) is 146 cm³/mol. The van der Waals surface area contributed by atoms with E-state index in [9.17, 15) is 4.79 Å². The quantitative estimate of drug-likeness (QED) is 0.343. The highest BCUT2D eigenvalue weighted by Crippen LogP contribution is 2.34. The second kappa shape index (κ2) is 10.0. The van der Waals surface area contributed by atoms with Crippen molar-refractivity contribution in [3.8, 4) is 17.1 Å². The lowest BCUT2D eigenvalue weighted by atomic mass is 10.1. The van der Waals surface area contributed by atoms with E-state index in [1.165, 1.54) is 5.56 Å². The van der Waals surface area contributed by atoms with Crippen LogP contribution in [0.3, 0.4) is 0 Å². The van der Waals surface area contributed by atoms with Crippen molar-refractivity contribution in [2.75, 3.05) is 18.4 Å². The van der Waals surface area contributed by atoms with E-state index < -0.39 is 5.60 Å². The van der Waals surface area contributed by atoms with Crippen LogP contribution in [0.5, 0.6) is 0 Å². The molecule has 1 amide bonds. The first-order valence-corrected chi connectivity index (χ1v) is 12.9. The van der Waals surface area contributed by atoms with Gasteiger partial charge in [0.15, 0.2) is 17.0 Å². The van der Waals surface area contributed by atoms with Crippen LogP contribution < -0.4 is 5.32 Å². The average molecular weight is 519 g/mol. The topological polar surface area (TPSA) is 85.2 Å². The summed E-state index contributed by atoms with van der Waals surface area (Å²) in [4.78, 5) is 28.4. The Labute approximate surface area is 221 Å². The van der Waals surface area contributed by atoms with Crippen molar-refractivity contribution in [3.05, 3.63) is 65.4 Å². The van der Waals surface area contributed by atoms with Crippen LogP contribution in [0.15, 0.2) is 54.9 Å². The number of carbonyl (C=O) groups excluding carboxylic acids is 1. The molecule has 1 saturated heterocycles. The zero-order valence-corrected chi connectivity index (χ0v) is 22.3. The van der Waals surface area contributed by atoms with Crippen molar-refractivity contribution in [2.24, 2.45) is 0 Å². The molecule has 0 atom stereocenters. The number of halogens is 1. The third-order valence-corrected chi connectivity index (χ3v) is 6.67. The Bertz CT molecular complexity index is 1420. The molecular formula is C28H31ClN6O2. The number of amides is 1. The number of imidazole rings is 1. The van der Waals surface area contributed by atoms with Crippen molar-refractivity contribution < 1.29 is 9.53 Å². The maximum Gasteiger partial charge on any atom is 0.410 e. The van der Waals surface area contributed by atoms with Crippen LogP contribution in [0.4, 0.5) is 10.6 Å². The van der Waals surface area contributed by atoms with Gasteiger partial charge in [-0.25, -0.2) is 19.7 Å². The van der Waals surface area contributed by atoms with Gasteiger partial charge >= 0.3 is 6.09 Å². The first-order valence-electron chi connectivity index (χ1n) is 12.5. The maximum atomic E-state index is 12.5. The van der Waals surface area contributed by atoms with Gasteiger partial charge in [0.25, 0.3) is 0 Å². The molecule has 0 unspecified atom stereocenters. The SMILES string of the molecule is Cc1ccc(-n2c(-c3ccccc3Cl)nc3c(NC4CCN(C(=O)OC(C)(C)C)CC4)ncnc32)cc1. The number of nitrogens with zero attached hydrogens (tertiary/aromatic N) is 5. The Morgan fingerprint density at radius 1 is 1.05 bits per heavy atom. The van der Waals surface area contributed by atoms with E-state index >= 15 is 0 Å². The second-order valence-electron chi connectivity index (χ2n) is 10.4. The van der Waals surface area contributed by atoms with E-state index in [2.05, 4.69) is 46.5 Å². The highest BCUT2D eigenvalue weighted by molar-refractivity contribution is 6.33. The van der Waals surface area contributed by atoms with Crippen LogP contribution in [-0.2, 0) is 4.74 Å². The number of aromatic nitrogens is 4. The normalized spacial score (nSPS) is 14.7. The summed E-state index contributed by atoms with van der Waals surface area (Å²) in [6, 6.07) is 16.1. The number of aryl methyl sites for hydroxylation is 1. The molecule has 9 heteroatoms. The maximum absolute atomic E-state index is 12.5. The lowest BCUT2D eigenvalue weighted by Crippen LogP contribution is -2.44. The molecule has 4 aromatic rings. The molecule has 0 spiro atoms. The molecule has 1 aliphatic heterocycles. The van der Waals surface area contributed by atoms with E-state index in [4.69, 9.17) is 21.3 Å². The molecular weight excluding hydrogens is 488 g/mol. The Hall–Kier alpha value is -3.65. The van der Waals surface area contributed by atoms with Crippen LogP contribution >= 0.6 is 11.6 Å². The molecule has 1 fully saturated rings. The number of hydrogen-bond acceptors (Lipinski definition) is 6. The third-order valence-electron chi connectivity index (χ3n) is 6.34. The lowest BCUT2D eigenvalue weighted by molar-refractivity contribution is 0.0210. The monoisotopic (exact) mass is 518 g/mol. The summed E-state index contributed by atoms with van der Waals surface area (Å²) in [7, 11) is 0. The van der Waals surface area contributed by atoms with Crippen molar-refractivity contribution in [3.63, 3.8) is 0 Å². The molecule has 192 valence electrons. The molecule has 1 aliphatic rings. The summed E-state index contributed by atoms with van der Waals surface area (Å²) < 4.78 is 7.55. The number of likely N-dealkylation sites (tertiary alicyclic amines) is 1. The second-order valence-corrected chi connectivity index (χ2v) is 10.8. The Morgan fingerprint density at radius 2 is 1.76 bits per heavy atom. The fraction of sp³-hybridized carbons (Fsp3) is 0.357. The number of fused-ring (bicyclic) bond motifs is 1. The molecule has 0 bridgehead atoms. The highest BCUT2D eigenvalue weighted by atomic mass is 35.5. The molecule has 0 saturated carbocycles. The van der Waals surface area contributed by atoms with Crippen molar-refractivity contribution >= 4 is 34.7 Å². The van der Waals surface area contributed by atoms with E-state index in [-0.39, 0.29) is 12.1 Å². The molecule has 0 aliphatic carbocycles. The summed E-state index contributed by atoms with van der Waals surface area (Å²) in [6.07, 6.45) is 2.85. The van der Waals surface area contributed by atoms with Crippen LogP contribution in [-0.4, -0.2) is 55.2 Å². The molecule has 0 radical (unpaired) electrons. The van der Waals surface area contributed by atoms with Crippen LogP contribution in [0.1, 0.15) is 39.2 Å². The zero-order chi connectivity index (χ0) is 26.2. The Kier molecular flexibility index (Phi) is 6.77. The Balaban J connectivity index is 1.46. The number of ether oxygens (including phenoxy) is 1. The van der Waals surface area contributed by atoms with E-state index in [1.54, 1.807) is 11.2 Å². The molecule has 5 rings (SSSR count). The van der Waals surface area contributed by atoms with Gasteiger partial charge in [0.05, 0.1) is 5.02 Å². The van der Waals surface area contributed by atoms with Gasteiger partial charge in [-0.05, 0) is 64.8 Å². The van der Waals surface area contributed by atoms with Gasteiger partial charge in [0, 0.05) is 30.4 Å². The number of piperidine rings is 1. The van der Waals surface area contributed by atoms with Crippen LogP contribution in [0, 0.1) is 6.92 Å². The van der Waals surface area contributed by atoms with Crippen LogP contribution in [0.2, 0.25) is 5.02 Å². The number of hydrogen-bond donors (Lipinski definition) is 1. The van der Waals surface area contributed by atoms with Gasteiger partial charge in [0.1, 0.15) is 17.8 Å². The van der Waals surface area contributed by atoms with Gasteiger partial charge in [-0.15, -0.1) is 0 Å². The minimum absolute atomic E-state index is 0.144. The molecule has 2 aromatic carbocycles. The number of anilines is 1. The standard InChI is InChI=1S/C28H31ClN6O2/c1-18-9-11-20(12-10-18)35-25(21-7-5-6-8-22(21)29)33-23-24(30-17-31-26(23)35)32-19-13-15-34(16-14-19)27(36)37-28(2,3)4/h5-12,17,19H,13-16H2,1-4H3,(H,30,31,32). The lowest BCUT2D eigenvalue weighted by Gasteiger charge is -2.33. The van der Waals surface area contributed by atoms with E-state index in [1.807, 2.05) is 49.6 Å². The molecule has 2 aromatic heterocycles. The van der Waals surface area contributed by atoms with Gasteiger partial charge < -0.3 is 15.0 Å². The predicted octanol–water partition coefficient (Wildman–Crippen LogP) is 6.26. The smallest absolute Gasteiger partial charge is 0.410 e. The summed E-state index contributed by atoms with van der Waals surface area (Å²) in [5, 5.41) is 4.17. The largest absolute Gasteiger partial charge is 0.444 e. The van der Waals surface area contributed by atoms with Crippen molar-refractivity contribution in [2.45, 2.75) is 52.2 Å². The minimum Gasteiger partial charge on any atom is -0.444 e. The van der Waals surface area contributed by atoms with Gasteiger partial charge in [-0.1, -0.05) is 41.4 Å². The summed E-state index contributed by atoms with van der Waals surface area (Å²) >= 11 is 6.60. The van der Waals surface area contributed by atoms with Gasteiger partial charge in [-0.3, -0.25) is 4.57 Å². The number of benzene rings is 2. The summed E-state index contributed by atoms with van der Waals surface area (Å²) in [5.74, 6) is 1.37. The fourth-order valence-corrected chi connectivity index (χ4v) is 4.71. The summed E-state index contributed by atoms with van der Waals surface area (Å²) in [6.45, 7) is 8.93. The number of carbonyl (C=O) groups is 1. The van der Waals surface area contributed by atoms with Crippen molar-refractivity contribution in [1.82, 2.24) is 24.4 Å². The third kappa shape index (κ3) is 5.39. The zero-order valence-electron chi connectivity index (χ0n) is 21.5. The van der Waals surface area contributed by atoms with Crippen molar-refractivity contribution in [1.29, 1.82) is 0 Å². The van der Waals surface area contributed by atoms with Gasteiger partial charge in [-0.2, -0.15) is 0 Å². The van der Waals surface area contributed by atoms with E-state index in [0.717, 1.165) is 24.1 Å². The van der Waals surface area contributed by atoms with Gasteiger partial charge in [0.2, 0.25) is 0 Å². The molecule has 3 heterocycles. The summed E-state index contributed by atoms with van der Waals surface area (Å²) in [5.41, 5.74) is 3.80. The first-order chi connectivity index (χ1) is 17.7. The molecule has 8 nitrogen and oxygen atoms in total. The van der Waals surface area contributed by atoms with E-state index in [0.29, 0.717) is 40.9 Å². The highest BCUT2D eigenvalue weighted by Gasteiger charge is 2.28. The minimum atomic E-state index is -0.506. The fourth-order valence-electron chi connectivity index (χ4n) is 4.49. The average Bonchev–Trinajstić information content (AvgIpc) is 3.24. The number of rotatable bonds is 4. The van der Waals surface area contributed by atoms with Crippen LogP contribution in [0.25, 0.3) is 28.2 Å². The molecule has 37 heavy (non-hydrogen) atoms. The molecule has 1 N–H and O–H groups in total. The number of nitrogens with one attached hydrogen (secondary N) is 1.